The molecule has 1 aliphatic rings. The van der Waals surface area contributed by atoms with E-state index in [0.29, 0.717) is 18.8 Å². The highest BCUT2D eigenvalue weighted by Crippen LogP contribution is 2.26. The Hall–Kier alpha value is -3.34. The molecular weight excluding hydrogens is 352 g/mol. The molecule has 2 aromatic carbocycles. The fourth-order valence-electron chi connectivity index (χ4n) is 3.51. The molecule has 2 heterocycles. The molecule has 3 aromatic rings. The molecule has 1 aliphatic heterocycles. The minimum Gasteiger partial charge on any atom is -0.493 e. The van der Waals surface area contributed by atoms with E-state index in [2.05, 4.69) is 16.4 Å². The van der Waals surface area contributed by atoms with Crippen LogP contribution in [0.15, 0.2) is 71.5 Å². The summed E-state index contributed by atoms with van der Waals surface area (Å²) in [7, 11) is 0. The zero-order valence-corrected chi connectivity index (χ0v) is 15.5. The lowest BCUT2D eigenvalue weighted by Gasteiger charge is -2.14. The molecule has 1 amide bonds. The average molecular weight is 374 g/mol. The first-order chi connectivity index (χ1) is 13.7. The lowest BCUT2D eigenvalue weighted by atomic mass is 9.97. The number of amides is 1. The number of H-pyrrole nitrogens is 1. The van der Waals surface area contributed by atoms with E-state index in [1.807, 2.05) is 48.5 Å². The second-order valence-electron chi connectivity index (χ2n) is 7.01. The quantitative estimate of drug-likeness (QED) is 0.735. The van der Waals surface area contributed by atoms with Crippen molar-refractivity contribution >= 4 is 5.91 Å². The van der Waals surface area contributed by atoms with Gasteiger partial charge in [0.1, 0.15) is 11.3 Å². The number of rotatable bonds is 4. The third-order valence-corrected chi connectivity index (χ3v) is 5.06. The molecule has 4 rings (SSSR count). The Bertz CT molecular complexity index is 1030. The highest BCUT2D eigenvalue weighted by Gasteiger charge is 2.19. The second kappa shape index (κ2) is 8.13. The SMILES string of the molecule is O=C(NC[C@H]1CCOc2ccccc2C1)c1ccc(-c2ccccc2)[nH]c1=O. The second-order valence-corrected chi connectivity index (χ2v) is 7.01. The van der Waals surface area contributed by atoms with Crippen molar-refractivity contribution in [1.29, 1.82) is 0 Å². The van der Waals surface area contributed by atoms with Gasteiger partial charge in [-0.15, -0.1) is 0 Å². The van der Waals surface area contributed by atoms with E-state index in [0.717, 1.165) is 29.7 Å². The van der Waals surface area contributed by atoms with E-state index in [1.54, 1.807) is 12.1 Å². The van der Waals surface area contributed by atoms with Gasteiger partial charge in [0.05, 0.1) is 6.61 Å². The molecule has 0 saturated carbocycles. The van der Waals surface area contributed by atoms with Gasteiger partial charge in [-0.3, -0.25) is 9.59 Å². The maximum absolute atomic E-state index is 12.5. The van der Waals surface area contributed by atoms with E-state index in [9.17, 15) is 9.59 Å². The first-order valence-corrected chi connectivity index (χ1v) is 9.48. The van der Waals surface area contributed by atoms with Gasteiger partial charge in [0.25, 0.3) is 11.5 Å². The van der Waals surface area contributed by atoms with Crippen molar-refractivity contribution in [2.24, 2.45) is 5.92 Å². The van der Waals surface area contributed by atoms with Crippen LogP contribution in [-0.2, 0) is 6.42 Å². The number of para-hydroxylation sites is 1. The summed E-state index contributed by atoms with van der Waals surface area (Å²) in [5, 5.41) is 2.91. The Morgan fingerprint density at radius 1 is 1.04 bits per heavy atom. The van der Waals surface area contributed by atoms with Crippen molar-refractivity contribution in [3.63, 3.8) is 0 Å². The molecule has 0 radical (unpaired) electrons. The van der Waals surface area contributed by atoms with Crippen LogP contribution in [-0.4, -0.2) is 24.0 Å². The van der Waals surface area contributed by atoms with E-state index in [-0.39, 0.29) is 22.9 Å². The standard InChI is InChI=1S/C23H22N2O3/c26-22(19-10-11-20(25-23(19)27)17-6-2-1-3-7-17)24-15-16-12-13-28-21-9-5-4-8-18(21)14-16/h1-11,16H,12-15H2,(H,24,26)(H,25,27)/t16-/m0/s1. The largest absolute Gasteiger partial charge is 0.493 e. The molecule has 2 N–H and O–H groups in total. The fraction of sp³-hybridized carbons (Fsp3) is 0.217. The first kappa shape index (κ1) is 18.0. The van der Waals surface area contributed by atoms with Gasteiger partial charge in [-0.2, -0.15) is 0 Å². The van der Waals surface area contributed by atoms with Gasteiger partial charge in [0.2, 0.25) is 0 Å². The van der Waals surface area contributed by atoms with Gasteiger partial charge in [0.15, 0.2) is 0 Å². The number of carbonyl (C=O) groups excluding carboxylic acids is 1. The summed E-state index contributed by atoms with van der Waals surface area (Å²) in [6, 6.07) is 20.9. The van der Waals surface area contributed by atoms with Crippen molar-refractivity contribution in [3.8, 4) is 17.0 Å². The van der Waals surface area contributed by atoms with Gasteiger partial charge in [0, 0.05) is 12.2 Å². The van der Waals surface area contributed by atoms with Crippen LogP contribution in [0.5, 0.6) is 5.75 Å². The van der Waals surface area contributed by atoms with Crippen LogP contribution < -0.4 is 15.6 Å². The molecule has 0 fully saturated rings. The normalized spacial score (nSPS) is 15.8. The summed E-state index contributed by atoms with van der Waals surface area (Å²) in [4.78, 5) is 27.7. The van der Waals surface area contributed by atoms with E-state index in [1.165, 1.54) is 0 Å². The molecule has 0 bridgehead atoms. The Kier molecular flexibility index (Phi) is 5.24. The summed E-state index contributed by atoms with van der Waals surface area (Å²) in [6.07, 6.45) is 1.71. The van der Waals surface area contributed by atoms with E-state index < -0.39 is 0 Å². The van der Waals surface area contributed by atoms with E-state index >= 15 is 0 Å². The highest BCUT2D eigenvalue weighted by atomic mass is 16.5. The average Bonchev–Trinajstić information content (AvgIpc) is 2.94. The van der Waals surface area contributed by atoms with Crippen LogP contribution in [0, 0.1) is 5.92 Å². The van der Waals surface area contributed by atoms with Gasteiger partial charge >= 0.3 is 0 Å². The van der Waals surface area contributed by atoms with Crippen molar-refractivity contribution in [3.05, 3.63) is 88.2 Å². The number of pyridine rings is 1. The zero-order chi connectivity index (χ0) is 19.3. The summed E-state index contributed by atoms with van der Waals surface area (Å²) in [5.74, 6) is 0.846. The molecule has 142 valence electrons. The van der Waals surface area contributed by atoms with Crippen LogP contribution in [0.1, 0.15) is 22.3 Å². The van der Waals surface area contributed by atoms with Gasteiger partial charge in [-0.25, -0.2) is 0 Å². The van der Waals surface area contributed by atoms with Crippen molar-refractivity contribution in [1.82, 2.24) is 10.3 Å². The summed E-state index contributed by atoms with van der Waals surface area (Å²) in [5.41, 5.74) is 2.51. The van der Waals surface area contributed by atoms with Crippen LogP contribution in [0.3, 0.4) is 0 Å². The molecule has 0 unspecified atom stereocenters. The maximum atomic E-state index is 12.5. The molecule has 5 heteroatoms. The number of hydrogen-bond donors (Lipinski definition) is 2. The Labute approximate surface area is 163 Å². The third kappa shape index (κ3) is 3.98. The van der Waals surface area contributed by atoms with Crippen LogP contribution in [0.25, 0.3) is 11.3 Å². The molecule has 5 nitrogen and oxygen atoms in total. The number of carbonyl (C=O) groups is 1. The molecule has 0 saturated heterocycles. The predicted octanol–water partition coefficient (Wildman–Crippen LogP) is 3.41. The molecule has 0 aliphatic carbocycles. The van der Waals surface area contributed by atoms with Crippen molar-refractivity contribution in [2.45, 2.75) is 12.8 Å². The molecular formula is C23H22N2O3. The predicted molar refractivity (Wildman–Crippen MR) is 109 cm³/mol. The van der Waals surface area contributed by atoms with Crippen LogP contribution in [0.2, 0.25) is 0 Å². The Balaban J connectivity index is 1.42. The van der Waals surface area contributed by atoms with Gasteiger partial charge in [-0.05, 0) is 48.1 Å². The minimum atomic E-state index is -0.381. The summed E-state index contributed by atoms with van der Waals surface area (Å²) in [6.45, 7) is 1.14. The number of nitrogens with one attached hydrogen (secondary N) is 2. The summed E-state index contributed by atoms with van der Waals surface area (Å²) >= 11 is 0. The minimum absolute atomic E-state index is 0.130. The molecule has 1 aromatic heterocycles. The topological polar surface area (TPSA) is 71.2 Å². The lowest BCUT2D eigenvalue weighted by Crippen LogP contribution is -2.34. The van der Waals surface area contributed by atoms with Crippen LogP contribution >= 0.6 is 0 Å². The molecule has 0 spiro atoms. The number of hydrogen-bond acceptors (Lipinski definition) is 3. The third-order valence-electron chi connectivity index (χ3n) is 5.06. The summed E-state index contributed by atoms with van der Waals surface area (Å²) < 4.78 is 5.78. The lowest BCUT2D eigenvalue weighted by molar-refractivity contribution is 0.0944. The molecule has 28 heavy (non-hydrogen) atoms. The van der Waals surface area contributed by atoms with Gasteiger partial charge in [-0.1, -0.05) is 48.5 Å². The Morgan fingerprint density at radius 2 is 1.82 bits per heavy atom. The fourth-order valence-corrected chi connectivity index (χ4v) is 3.51. The van der Waals surface area contributed by atoms with Crippen LogP contribution in [0.4, 0.5) is 0 Å². The number of aromatic amines is 1. The van der Waals surface area contributed by atoms with Crippen molar-refractivity contribution in [2.75, 3.05) is 13.2 Å². The number of aromatic nitrogens is 1. The Morgan fingerprint density at radius 3 is 2.64 bits per heavy atom. The first-order valence-electron chi connectivity index (χ1n) is 9.48. The zero-order valence-electron chi connectivity index (χ0n) is 15.5. The highest BCUT2D eigenvalue weighted by molar-refractivity contribution is 5.94. The molecule has 1 atom stereocenters. The van der Waals surface area contributed by atoms with Gasteiger partial charge < -0.3 is 15.0 Å². The van der Waals surface area contributed by atoms with E-state index in [4.69, 9.17) is 4.74 Å². The number of fused-ring (bicyclic) bond motifs is 1. The maximum Gasteiger partial charge on any atom is 0.261 e. The number of benzene rings is 2. The number of ether oxygens (including phenoxy) is 1. The monoisotopic (exact) mass is 374 g/mol. The smallest absolute Gasteiger partial charge is 0.261 e. The van der Waals surface area contributed by atoms with Crippen molar-refractivity contribution < 1.29 is 9.53 Å².